The lowest BCUT2D eigenvalue weighted by atomic mass is 10.3. The minimum atomic E-state index is -0.207. The Hall–Kier alpha value is -1.43. The second kappa shape index (κ2) is 4.21. The van der Waals surface area contributed by atoms with Crippen molar-refractivity contribution in [3.63, 3.8) is 0 Å². The molecule has 1 aromatic rings. The smallest absolute Gasteiger partial charge is 0.277 e. The summed E-state index contributed by atoms with van der Waals surface area (Å²) < 4.78 is 0. The zero-order valence-corrected chi connectivity index (χ0v) is 9.85. The highest BCUT2D eigenvalue weighted by molar-refractivity contribution is 8.14. The van der Waals surface area contributed by atoms with Crippen molar-refractivity contribution < 1.29 is 4.79 Å². The van der Waals surface area contributed by atoms with Gasteiger partial charge in [0.2, 0.25) is 0 Å². The number of carbonyl (C=O) groups excluding carboxylic acids is 1. The van der Waals surface area contributed by atoms with E-state index in [0.29, 0.717) is 29.4 Å². The number of H-pyrrole nitrogens is 1. The molecule has 6 heteroatoms. The predicted molar refractivity (Wildman–Crippen MR) is 63.5 cm³/mol. The third-order valence-electron chi connectivity index (χ3n) is 2.08. The van der Waals surface area contributed by atoms with Crippen molar-refractivity contribution in [3.05, 3.63) is 21.9 Å². The first-order chi connectivity index (χ1) is 7.56. The van der Waals surface area contributed by atoms with E-state index >= 15 is 0 Å². The van der Waals surface area contributed by atoms with Crippen molar-refractivity contribution >= 4 is 28.3 Å². The molecule has 0 aromatic carbocycles. The fraction of sp³-hybridized carbons (Fsp3) is 0.400. The Kier molecular flexibility index (Phi) is 2.91. The van der Waals surface area contributed by atoms with Crippen molar-refractivity contribution in [2.24, 2.45) is 4.99 Å². The standard InChI is InChI=1S/C10H11N3O2S/c1-5(14)4-16-8-3-7-9(13-8)10(15)12-6(2)11-7/h3-4H2,1-2H3,(H,11,12,15). The summed E-state index contributed by atoms with van der Waals surface area (Å²) in [6.07, 6.45) is 0.554. The number of aromatic amines is 1. The topological polar surface area (TPSA) is 75.2 Å². The minimum absolute atomic E-state index is 0.0988. The highest BCUT2D eigenvalue weighted by Crippen LogP contribution is 2.25. The molecule has 1 aliphatic rings. The average Bonchev–Trinajstić information content (AvgIpc) is 2.57. The lowest BCUT2D eigenvalue weighted by Crippen LogP contribution is -2.10. The van der Waals surface area contributed by atoms with Crippen LogP contribution in [0.4, 0.5) is 5.69 Å². The van der Waals surface area contributed by atoms with Crippen molar-refractivity contribution in [2.75, 3.05) is 5.75 Å². The van der Waals surface area contributed by atoms with Crippen LogP contribution in [0.1, 0.15) is 18.4 Å². The van der Waals surface area contributed by atoms with Crippen LogP contribution in [0.15, 0.2) is 9.79 Å². The van der Waals surface area contributed by atoms with Crippen LogP contribution in [-0.2, 0) is 11.2 Å². The van der Waals surface area contributed by atoms with Gasteiger partial charge in [0.1, 0.15) is 11.6 Å². The maximum absolute atomic E-state index is 11.5. The average molecular weight is 237 g/mol. The molecule has 1 aliphatic heterocycles. The van der Waals surface area contributed by atoms with Crippen LogP contribution in [0.3, 0.4) is 0 Å². The second-order valence-corrected chi connectivity index (χ2v) is 4.67. The van der Waals surface area contributed by atoms with E-state index in [0.717, 1.165) is 5.04 Å². The largest absolute Gasteiger partial charge is 0.309 e. The highest BCUT2D eigenvalue weighted by Gasteiger charge is 2.20. The van der Waals surface area contributed by atoms with Crippen molar-refractivity contribution in [1.82, 2.24) is 9.97 Å². The second-order valence-electron chi connectivity index (χ2n) is 3.62. The number of carbonyl (C=O) groups is 1. The molecule has 0 saturated heterocycles. The van der Waals surface area contributed by atoms with Gasteiger partial charge in [0.25, 0.3) is 5.56 Å². The van der Waals surface area contributed by atoms with Crippen LogP contribution in [0, 0.1) is 6.92 Å². The number of ketones is 1. The lowest BCUT2D eigenvalue weighted by molar-refractivity contribution is -0.114. The number of aromatic nitrogens is 2. The van der Waals surface area contributed by atoms with Gasteiger partial charge in [-0.15, -0.1) is 11.8 Å². The highest BCUT2D eigenvalue weighted by atomic mass is 32.2. The van der Waals surface area contributed by atoms with Gasteiger partial charge in [0, 0.05) is 6.42 Å². The number of hydrogen-bond donors (Lipinski definition) is 1. The summed E-state index contributed by atoms with van der Waals surface area (Å²) in [6, 6.07) is 0. The predicted octanol–water partition coefficient (Wildman–Crippen LogP) is 0.987. The summed E-state index contributed by atoms with van der Waals surface area (Å²) >= 11 is 1.37. The maximum Gasteiger partial charge on any atom is 0.277 e. The third-order valence-corrected chi connectivity index (χ3v) is 3.20. The zero-order chi connectivity index (χ0) is 11.7. The van der Waals surface area contributed by atoms with E-state index in [9.17, 15) is 9.59 Å². The van der Waals surface area contributed by atoms with Crippen molar-refractivity contribution in [1.29, 1.82) is 0 Å². The molecule has 84 valence electrons. The van der Waals surface area contributed by atoms with Gasteiger partial charge < -0.3 is 4.98 Å². The first-order valence-corrected chi connectivity index (χ1v) is 5.84. The van der Waals surface area contributed by atoms with Crippen molar-refractivity contribution in [2.45, 2.75) is 20.3 Å². The molecule has 1 N–H and O–H groups in total. The number of rotatable bonds is 2. The first-order valence-electron chi connectivity index (χ1n) is 4.86. The molecule has 0 fully saturated rings. The van der Waals surface area contributed by atoms with Gasteiger partial charge >= 0.3 is 0 Å². The molecule has 0 amide bonds. The molecule has 0 atom stereocenters. The van der Waals surface area contributed by atoms with Crippen LogP contribution in [0.25, 0.3) is 0 Å². The van der Waals surface area contributed by atoms with E-state index in [1.54, 1.807) is 6.92 Å². The zero-order valence-electron chi connectivity index (χ0n) is 9.03. The van der Waals surface area contributed by atoms with Gasteiger partial charge in [-0.2, -0.15) is 0 Å². The molecule has 0 spiro atoms. The Labute approximate surface area is 96.4 Å². The van der Waals surface area contributed by atoms with Crippen LogP contribution in [0.5, 0.6) is 0 Å². The molecule has 0 radical (unpaired) electrons. The van der Waals surface area contributed by atoms with Gasteiger partial charge in [-0.1, -0.05) is 0 Å². The number of aliphatic imine (C=N–C) groups is 1. The fourth-order valence-electron chi connectivity index (χ4n) is 1.45. The molecular formula is C10H11N3O2S. The SMILES string of the molecule is CC(=O)CSC1=Nc2c(nc(C)[nH]c2=O)C1. The Morgan fingerprint density at radius 1 is 1.56 bits per heavy atom. The summed E-state index contributed by atoms with van der Waals surface area (Å²) in [5, 5.41) is 0.786. The molecule has 0 unspecified atom stereocenters. The number of Topliss-reactive ketones (excluding diaryl/α,β-unsaturated/α-hetero) is 1. The van der Waals surface area contributed by atoms with E-state index in [4.69, 9.17) is 0 Å². The molecule has 2 heterocycles. The maximum atomic E-state index is 11.5. The molecule has 0 bridgehead atoms. The molecule has 0 saturated carbocycles. The quantitative estimate of drug-likeness (QED) is 0.832. The Morgan fingerprint density at radius 3 is 3.00 bits per heavy atom. The normalized spacial score (nSPS) is 13.5. The van der Waals surface area contributed by atoms with Crippen LogP contribution < -0.4 is 5.56 Å². The number of fused-ring (bicyclic) bond motifs is 1. The first kappa shape index (κ1) is 11.1. The summed E-state index contributed by atoms with van der Waals surface area (Å²) in [6.45, 7) is 3.27. The summed E-state index contributed by atoms with van der Waals surface area (Å²) in [5.41, 5.74) is 0.880. The van der Waals surface area contributed by atoms with Gasteiger partial charge in [-0.25, -0.2) is 9.98 Å². The van der Waals surface area contributed by atoms with E-state index in [1.165, 1.54) is 18.7 Å². The molecule has 5 nitrogen and oxygen atoms in total. The molecule has 16 heavy (non-hydrogen) atoms. The van der Waals surface area contributed by atoms with E-state index in [1.807, 2.05) is 0 Å². The van der Waals surface area contributed by atoms with E-state index < -0.39 is 0 Å². The Balaban J connectivity index is 2.22. The minimum Gasteiger partial charge on any atom is -0.309 e. The number of nitrogens with one attached hydrogen (secondary N) is 1. The van der Waals surface area contributed by atoms with Crippen LogP contribution >= 0.6 is 11.8 Å². The lowest BCUT2D eigenvalue weighted by Gasteiger charge is -1.97. The van der Waals surface area contributed by atoms with Gasteiger partial charge in [-0.3, -0.25) is 9.59 Å². The molecule has 2 rings (SSSR count). The van der Waals surface area contributed by atoms with Crippen LogP contribution in [-0.4, -0.2) is 26.5 Å². The number of hydrogen-bond acceptors (Lipinski definition) is 5. The van der Waals surface area contributed by atoms with Crippen LogP contribution in [0.2, 0.25) is 0 Å². The van der Waals surface area contributed by atoms with E-state index in [2.05, 4.69) is 15.0 Å². The monoisotopic (exact) mass is 237 g/mol. The summed E-state index contributed by atoms with van der Waals surface area (Å²) in [5.74, 6) is 1.09. The van der Waals surface area contributed by atoms with Crippen molar-refractivity contribution in [3.8, 4) is 0 Å². The fourth-order valence-corrected chi connectivity index (χ4v) is 2.22. The third kappa shape index (κ3) is 2.21. The number of aryl methyl sites for hydroxylation is 1. The Morgan fingerprint density at radius 2 is 2.31 bits per heavy atom. The van der Waals surface area contributed by atoms with Gasteiger partial charge in [0.05, 0.1) is 16.5 Å². The van der Waals surface area contributed by atoms with Gasteiger partial charge in [-0.05, 0) is 13.8 Å². The van der Waals surface area contributed by atoms with Gasteiger partial charge in [0.15, 0.2) is 5.69 Å². The number of thioether (sulfide) groups is 1. The Bertz CT molecular complexity index is 533. The molecule has 1 aromatic heterocycles. The molecular weight excluding hydrogens is 226 g/mol. The van der Waals surface area contributed by atoms with E-state index in [-0.39, 0.29) is 11.3 Å². The molecule has 0 aliphatic carbocycles. The number of nitrogens with zero attached hydrogens (tertiary/aromatic N) is 2. The summed E-state index contributed by atoms with van der Waals surface area (Å²) in [4.78, 5) is 33.4. The summed E-state index contributed by atoms with van der Waals surface area (Å²) in [7, 11) is 0.